The van der Waals surface area contributed by atoms with Crippen LogP contribution in [0.5, 0.6) is 0 Å². The summed E-state index contributed by atoms with van der Waals surface area (Å²) in [4.78, 5) is 11.3. The fraction of sp³-hybridized carbons (Fsp3) is 0.286. The average molecular weight is 286 g/mol. The maximum atomic E-state index is 10.7. The second-order valence-electron chi connectivity index (χ2n) is 2.22. The van der Waals surface area contributed by atoms with E-state index in [1.165, 1.54) is 18.4 Å². The molecule has 0 fully saturated rings. The van der Waals surface area contributed by atoms with Gasteiger partial charge in [-0.25, -0.2) is 4.79 Å². The quantitative estimate of drug-likeness (QED) is 0.929. The van der Waals surface area contributed by atoms with E-state index in [-0.39, 0.29) is 0 Å². The number of carboxylic acids is 1. The van der Waals surface area contributed by atoms with E-state index in [1.54, 1.807) is 6.07 Å². The Morgan fingerprint density at radius 1 is 1.85 bits per heavy atom. The standard InChI is InChI=1S/C7H6BrClO3S/c1-12-5(7(10)11)4-2-3(8)6(9)13-4/h2,5H,1H3,(H,10,11). The number of halogens is 2. The maximum Gasteiger partial charge on any atom is 0.338 e. The van der Waals surface area contributed by atoms with Crippen LogP contribution >= 0.6 is 38.9 Å². The van der Waals surface area contributed by atoms with Crippen molar-refractivity contribution >= 4 is 44.8 Å². The van der Waals surface area contributed by atoms with Crippen molar-refractivity contribution in [3.63, 3.8) is 0 Å². The van der Waals surface area contributed by atoms with Gasteiger partial charge in [0.25, 0.3) is 0 Å². The Kier molecular flexibility index (Phi) is 3.73. The van der Waals surface area contributed by atoms with Crippen LogP contribution in [-0.2, 0) is 9.53 Å². The van der Waals surface area contributed by atoms with E-state index in [0.717, 1.165) is 0 Å². The molecule has 1 unspecified atom stereocenters. The lowest BCUT2D eigenvalue weighted by atomic mass is 10.3. The Balaban J connectivity index is 2.98. The summed E-state index contributed by atoms with van der Waals surface area (Å²) in [6.45, 7) is 0. The van der Waals surface area contributed by atoms with Gasteiger partial charge in [0.1, 0.15) is 4.34 Å². The van der Waals surface area contributed by atoms with Crippen molar-refractivity contribution < 1.29 is 14.6 Å². The number of aliphatic carboxylic acids is 1. The van der Waals surface area contributed by atoms with Crippen LogP contribution in [0.15, 0.2) is 10.5 Å². The molecule has 0 saturated heterocycles. The van der Waals surface area contributed by atoms with Gasteiger partial charge in [-0.15, -0.1) is 11.3 Å². The SMILES string of the molecule is COC(C(=O)O)c1cc(Br)c(Cl)s1. The summed E-state index contributed by atoms with van der Waals surface area (Å²) in [5.41, 5.74) is 0. The van der Waals surface area contributed by atoms with E-state index >= 15 is 0 Å². The van der Waals surface area contributed by atoms with Crippen molar-refractivity contribution in [3.05, 3.63) is 19.8 Å². The van der Waals surface area contributed by atoms with Crippen molar-refractivity contribution in [2.45, 2.75) is 6.10 Å². The normalized spacial score (nSPS) is 12.8. The smallest absolute Gasteiger partial charge is 0.338 e. The molecule has 0 saturated carbocycles. The molecule has 0 aliphatic carbocycles. The van der Waals surface area contributed by atoms with Crippen molar-refractivity contribution in [1.82, 2.24) is 0 Å². The van der Waals surface area contributed by atoms with Gasteiger partial charge in [-0.2, -0.15) is 0 Å². The molecule has 0 bridgehead atoms. The summed E-state index contributed by atoms with van der Waals surface area (Å²) in [7, 11) is 1.35. The summed E-state index contributed by atoms with van der Waals surface area (Å²) >= 11 is 10.1. The fourth-order valence-electron chi connectivity index (χ4n) is 0.831. The molecule has 0 radical (unpaired) electrons. The Hall–Kier alpha value is -0.100. The summed E-state index contributed by atoms with van der Waals surface area (Å²) in [5, 5.41) is 8.75. The molecule has 0 aliphatic heterocycles. The van der Waals surface area contributed by atoms with Crippen LogP contribution in [0.3, 0.4) is 0 Å². The third-order valence-electron chi connectivity index (χ3n) is 1.38. The van der Waals surface area contributed by atoms with E-state index in [2.05, 4.69) is 15.9 Å². The Bertz CT molecular complexity index is 306. The number of rotatable bonds is 3. The molecule has 1 rings (SSSR count). The molecule has 1 atom stereocenters. The number of hydrogen-bond acceptors (Lipinski definition) is 3. The van der Waals surface area contributed by atoms with Crippen LogP contribution in [0.4, 0.5) is 0 Å². The van der Waals surface area contributed by atoms with Gasteiger partial charge in [0, 0.05) is 16.5 Å². The Morgan fingerprint density at radius 3 is 2.77 bits per heavy atom. The van der Waals surface area contributed by atoms with Crippen molar-refractivity contribution in [1.29, 1.82) is 0 Å². The minimum absolute atomic E-state index is 0.526. The zero-order valence-electron chi connectivity index (χ0n) is 6.58. The molecule has 72 valence electrons. The molecule has 3 nitrogen and oxygen atoms in total. The van der Waals surface area contributed by atoms with E-state index < -0.39 is 12.1 Å². The molecule has 1 N–H and O–H groups in total. The van der Waals surface area contributed by atoms with Crippen molar-refractivity contribution in [2.24, 2.45) is 0 Å². The largest absolute Gasteiger partial charge is 0.479 e. The van der Waals surface area contributed by atoms with Crippen LogP contribution in [-0.4, -0.2) is 18.2 Å². The summed E-state index contributed by atoms with van der Waals surface area (Å²) in [5.74, 6) is -1.02. The number of carboxylic acid groups (broad SMARTS) is 1. The molecule has 0 aliphatic rings. The molecule has 0 aromatic carbocycles. The predicted molar refractivity (Wildman–Crippen MR) is 54.4 cm³/mol. The molecule has 0 spiro atoms. The number of ether oxygens (including phenoxy) is 1. The highest BCUT2D eigenvalue weighted by molar-refractivity contribution is 9.10. The van der Waals surface area contributed by atoms with Crippen LogP contribution < -0.4 is 0 Å². The van der Waals surface area contributed by atoms with Gasteiger partial charge >= 0.3 is 5.97 Å². The molecular weight excluding hydrogens is 279 g/mol. The highest BCUT2D eigenvalue weighted by Gasteiger charge is 2.22. The first kappa shape index (κ1) is 11.0. The topological polar surface area (TPSA) is 46.5 Å². The van der Waals surface area contributed by atoms with Crippen LogP contribution in [0.1, 0.15) is 11.0 Å². The molecule has 6 heteroatoms. The van der Waals surface area contributed by atoms with Crippen LogP contribution in [0, 0.1) is 0 Å². The van der Waals surface area contributed by atoms with Gasteiger partial charge in [0.2, 0.25) is 0 Å². The number of methoxy groups -OCH3 is 1. The van der Waals surface area contributed by atoms with Gasteiger partial charge in [0.15, 0.2) is 6.10 Å². The first-order valence-corrected chi connectivity index (χ1v) is 5.25. The highest BCUT2D eigenvalue weighted by atomic mass is 79.9. The van der Waals surface area contributed by atoms with Gasteiger partial charge < -0.3 is 9.84 Å². The third-order valence-corrected chi connectivity index (χ3v) is 3.90. The lowest BCUT2D eigenvalue weighted by Gasteiger charge is -2.06. The Morgan fingerprint density at radius 2 is 2.46 bits per heavy atom. The summed E-state index contributed by atoms with van der Waals surface area (Å²) in [6, 6.07) is 1.65. The van der Waals surface area contributed by atoms with E-state index in [9.17, 15) is 4.79 Å². The zero-order valence-corrected chi connectivity index (χ0v) is 9.74. The number of thiophene rings is 1. The highest BCUT2D eigenvalue weighted by Crippen LogP contribution is 2.36. The van der Waals surface area contributed by atoms with E-state index in [0.29, 0.717) is 13.7 Å². The molecule has 1 heterocycles. The second kappa shape index (κ2) is 4.41. The summed E-state index contributed by atoms with van der Waals surface area (Å²) < 4.78 is 6.02. The van der Waals surface area contributed by atoms with Gasteiger partial charge in [-0.1, -0.05) is 11.6 Å². The summed E-state index contributed by atoms with van der Waals surface area (Å²) in [6.07, 6.45) is -0.936. The fourth-order valence-corrected chi connectivity index (χ4v) is 2.64. The monoisotopic (exact) mass is 284 g/mol. The lowest BCUT2D eigenvalue weighted by molar-refractivity contribution is -0.148. The minimum atomic E-state index is -1.02. The van der Waals surface area contributed by atoms with Gasteiger partial charge in [0.05, 0.1) is 0 Å². The Labute approximate surface area is 92.4 Å². The van der Waals surface area contributed by atoms with Gasteiger partial charge in [-0.3, -0.25) is 0 Å². The maximum absolute atomic E-state index is 10.7. The molecule has 13 heavy (non-hydrogen) atoms. The third kappa shape index (κ3) is 2.43. The lowest BCUT2D eigenvalue weighted by Crippen LogP contribution is -2.11. The molecule has 1 aromatic heterocycles. The van der Waals surface area contributed by atoms with E-state index in [4.69, 9.17) is 21.4 Å². The van der Waals surface area contributed by atoms with Crippen LogP contribution in [0.2, 0.25) is 4.34 Å². The molecule has 0 amide bonds. The first-order valence-electron chi connectivity index (χ1n) is 3.26. The second-order valence-corrected chi connectivity index (χ2v) is 4.76. The predicted octanol–water partition coefficient (Wildman–Crippen LogP) is 2.94. The first-order chi connectivity index (χ1) is 6.06. The zero-order chi connectivity index (χ0) is 10.0. The van der Waals surface area contributed by atoms with Crippen LogP contribution in [0.25, 0.3) is 0 Å². The molecular formula is C7H6BrClO3S. The minimum Gasteiger partial charge on any atom is -0.479 e. The van der Waals surface area contributed by atoms with Crippen molar-refractivity contribution in [3.8, 4) is 0 Å². The molecule has 1 aromatic rings. The number of carbonyl (C=O) groups is 1. The van der Waals surface area contributed by atoms with Gasteiger partial charge in [-0.05, 0) is 22.0 Å². The number of hydrogen-bond donors (Lipinski definition) is 1. The average Bonchev–Trinajstić information content (AvgIpc) is 2.32. The van der Waals surface area contributed by atoms with E-state index in [1.807, 2.05) is 0 Å². The van der Waals surface area contributed by atoms with Crippen molar-refractivity contribution in [2.75, 3.05) is 7.11 Å².